The zero-order valence-electron chi connectivity index (χ0n) is 16.2. The third-order valence-corrected chi connectivity index (χ3v) is 3.66. The zero-order valence-corrected chi connectivity index (χ0v) is 16.2. The molecule has 0 radical (unpaired) electrons. The lowest BCUT2D eigenvalue weighted by Crippen LogP contribution is -2.33. The summed E-state index contributed by atoms with van der Waals surface area (Å²) in [4.78, 5) is 35.5. The molecule has 0 aliphatic rings. The van der Waals surface area contributed by atoms with Crippen molar-refractivity contribution < 1.29 is 28.6 Å². The molecule has 0 aliphatic carbocycles. The second kappa shape index (κ2) is 14.7. The van der Waals surface area contributed by atoms with Crippen molar-refractivity contribution in [3.63, 3.8) is 0 Å². The predicted molar refractivity (Wildman–Crippen MR) is 94.9 cm³/mol. The van der Waals surface area contributed by atoms with E-state index in [0.717, 1.165) is 25.7 Å². The van der Waals surface area contributed by atoms with Gasteiger partial charge in [-0.05, 0) is 25.7 Å². The first-order chi connectivity index (χ1) is 12.0. The maximum Gasteiger partial charge on any atom is 0.309 e. The fourth-order valence-electron chi connectivity index (χ4n) is 2.38. The standard InChI is InChI=1S/C19H34O6/c1-5-9-15(10-6-2)19(22)25-16(13-23-17(20)11-7-3)14-24-18(21)12-8-4/h15-16H,5-14H2,1-4H3. The Hall–Kier alpha value is -1.59. The molecule has 0 spiro atoms. The van der Waals surface area contributed by atoms with Crippen LogP contribution in [0.3, 0.4) is 0 Å². The summed E-state index contributed by atoms with van der Waals surface area (Å²) in [5, 5.41) is 0. The number of hydrogen-bond acceptors (Lipinski definition) is 6. The van der Waals surface area contributed by atoms with Crippen LogP contribution in [0.2, 0.25) is 0 Å². The Balaban J connectivity index is 4.69. The van der Waals surface area contributed by atoms with Gasteiger partial charge in [-0.2, -0.15) is 0 Å². The number of rotatable bonds is 14. The van der Waals surface area contributed by atoms with E-state index in [0.29, 0.717) is 25.7 Å². The van der Waals surface area contributed by atoms with E-state index in [1.54, 1.807) is 0 Å². The Morgan fingerprint density at radius 2 is 1.16 bits per heavy atom. The van der Waals surface area contributed by atoms with Gasteiger partial charge >= 0.3 is 17.9 Å². The van der Waals surface area contributed by atoms with Crippen LogP contribution < -0.4 is 0 Å². The smallest absolute Gasteiger partial charge is 0.309 e. The van der Waals surface area contributed by atoms with E-state index < -0.39 is 6.10 Å². The Morgan fingerprint density at radius 3 is 1.52 bits per heavy atom. The molecule has 0 N–H and O–H groups in total. The molecule has 0 aliphatic heterocycles. The molecule has 0 aromatic rings. The first-order valence-electron chi connectivity index (χ1n) is 9.49. The number of ether oxygens (including phenoxy) is 3. The highest BCUT2D eigenvalue weighted by molar-refractivity contribution is 5.73. The zero-order chi connectivity index (χ0) is 19.1. The maximum atomic E-state index is 12.4. The van der Waals surface area contributed by atoms with Crippen molar-refractivity contribution in [2.24, 2.45) is 5.92 Å². The van der Waals surface area contributed by atoms with Crippen LogP contribution in [0.1, 0.15) is 79.1 Å². The second-order valence-electron chi connectivity index (χ2n) is 6.20. The minimum absolute atomic E-state index is 0.0883. The second-order valence-corrected chi connectivity index (χ2v) is 6.20. The minimum atomic E-state index is -0.759. The van der Waals surface area contributed by atoms with E-state index in [-0.39, 0.29) is 37.0 Å². The van der Waals surface area contributed by atoms with Gasteiger partial charge < -0.3 is 14.2 Å². The van der Waals surface area contributed by atoms with Gasteiger partial charge in [0.2, 0.25) is 0 Å². The summed E-state index contributed by atoms with van der Waals surface area (Å²) in [6, 6.07) is 0. The quantitative estimate of drug-likeness (QED) is 0.347. The number of carbonyl (C=O) groups excluding carboxylic acids is 3. The molecule has 0 saturated carbocycles. The van der Waals surface area contributed by atoms with Crippen LogP contribution in [0, 0.1) is 5.92 Å². The van der Waals surface area contributed by atoms with Crippen LogP contribution in [0.4, 0.5) is 0 Å². The summed E-state index contributed by atoms with van der Waals surface area (Å²) in [6.45, 7) is 7.62. The Kier molecular flexibility index (Phi) is 13.8. The molecule has 0 amide bonds. The Bertz CT molecular complexity index is 365. The molecule has 0 heterocycles. The molecule has 25 heavy (non-hydrogen) atoms. The SMILES string of the molecule is CCCC(=O)OCC(COC(=O)CCC)OC(=O)C(CCC)CCC. The Labute approximate surface area is 151 Å². The average molecular weight is 358 g/mol. The van der Waals surface area contributed by atoms with E-state index in [1.807, 2.05) is 27.7 Å². The summed E-state index contributed by atoms with van der Waals surface area (Å²) in [6.07, 6.45) is 4.52. The summed E-state index contributed by atoms with van der Waals surface area (Å²) >= 11 is 0. The lowest BCUT2D eigenvalue weighted by Gasteiger charge is -2.21. The van der Waals surface area contributed by atoms with Crippen LogP contribution in [0.15, 0.2) is 0 Å². The van der Waals surface area contributed by atoms with Crippen LogP contribution in [-0.2, 0) is 28.6 Å². The van der Waals surface area contributed by atoms with Gasteiger partial charge in [0.15, 0.2) is 6.10 Å². The van der Waals surface area contributed by atoms with E-state index in [2.05, 4.69) is 0 Å². The van der Waals surface area contributed by atoms with Crippen molar-refractivity contribution in [2.45, 2.75) is 85.2 Å². The molecule has 0 aromatic heterocycles. The van der Waals surface area contributed by atoms with Crippen LogP contribution in [0.5, 0.6) is 0 Å². The average Bonchev–Trinajstić information content (AvgIpc) is 2.57. The minimum Gasteiger partial charge on any atom is -0.462 e. The van der Waals surface area contributed by atoms with Crippen LogP contribution >= 0.6 is 0 Å². The fraction of sp³-hybridized carbons (Fsp3) is 0.842. The van der Waals surface area contributed by atoms with Crippen molar-refractivity contribution in [3.05, 3.63) is 0 Å². The summed E-state index contributed by atoms with van der Waals surface area (Å²) < 4.78 is 15.7. The van der Waals surface area contributed by atoms with Gasteiger partial charge in [-0.1, -0.05) is 40.5 Å². The highest BCUT2D eigenvalue weighted by Gasteiger charge is 2.24. The molecule has 0 aromatic carbocycles. The van der Waals surface area contributed by atoms with Crippen molar-refractivity contribution in [3.8, 4) is 0 Å². The van der Waals surface area contributed by atoms with Gasteiger partial charge in [-0.15, -0.1) is 0 Å². The molecule has 0 unspecified atom stereocenters. The summed E-state index contributed by atoms with van der Waals surface area (Å²) in [5.41, 5.74) is 0. The molecule has 0 atom stereocenters. The van der Waals surface area contributed by atoms with E-state index >= 15 is 0 Å². The van der Waals surface area contributed by atoms with Gasteiger partial charge in [0.05, 0.1) is 5.92 Å². The van der Waals surface area contributed by atoms with Crippen molar-refractivity contribution in [1.82, 2.24) is 0 Å². The highest BCUT2D eigenvalue weighted by atomic mass is 16.6. The topological polar surface area (TPSA) is 78.9 Å². The Morgan fingerprint density at radius 1 is 0.720 bits per heavy atom. The lowest BCUT2D eigenvalue weighted by molar-refractivity contribution is -0.170. The number of hydrogen-bond donors (Lipinski definition) is 0. The monoisotopic (exact) mass is 358 g/mol. The van der Waals surface area contributed by atoms with E-state index in [4.69, 9.17) is 14.2 Å². The first kappa shape index (κ1) is 23.4. The lowest BCUT2D eigenvalue weighted by atomic mass is 9.98. The van der Waals surface area contributed by atoms with Gasteiger partial charge in [0.25, 0.3) is 0 Å². The third-order valence-electron chi connectivity index (χ3n) is 3.66. The van der Waals surface area contributed by atoms with E-state index in [1.165, 1.54) is 0 Å². The molecule has 0 fully saturated rings. The summed E-state index contributed by atoms with van der Waals surface area (Å²) in [5.74, 6) is -1.17. The van der Waals surface area contributed by atoms with Crippen molar-refractivity contribution >= 4 is 17.9 Å². The van der Waals surface area contributed by atoms with Gasteiger partial charge in [-0.3, -0.25) is 14.4 Å². The molecular formula is C19H34O6. The largest absolute Gasteiger partial charge is 0.462 e. The number of carbonyl (C=O) groups is 3. The fourth-order valence-corrected chi connectivity index (χ4v) is 2.38. The molecule has 0 rings (SSSR count). The summed E-state index contributed by atoms with van der Waals surface area (Å²) in [7, 11) is 0. The molecule has 6 heteroatoms. The van der Waals surface area contributed by atoms with Gasteiger partial charge in [0, 0.05) is 12.8 Å². The maximum absolute atomic E-state index is 12.4. The van der Waals surface area contributed by atoms with Crippen molar-refractivity contribution in [2.75, 3.05) is 13.2 Å². The van der Waals surface area contributed by atoms with Gasteiger partial charge in [0.1, 0.15) is 13.2 Å². The highest BCUT2D eigenvalue weighted by Crippen LogP contribution is 2.16. The van der Waals surface area contributed by atoms with Gasteiger partial charge in [-0.25, -0.2) is 0 Å². The molecule has 0 bridgehead atoms. The first-order valence-corrected chi connectivity index (χ1v) is 9.49. The molecule has 146 valence electrons. The predicted octanol–water partition coefficient (Wildman–Crippen LogP) is 3.80. The van der Waals surface area contributed by atoms with Crippen LogP contribution in [-0.4, -0.2) is 37.2 Å². The van der Waals surface area contributed by atoms with Crippen LogP contribution in [0.25, 0.3) is 0 Å². The molecular weight excluding hydrogens is 324 g/mol. The molecule has 6 nitrogen and oxygen atoms in total. The van der Waals surface area contributed by atoms with Crippen molar-refractivity contribution in [1.29, 1.82) is 0 Å². The number of esters is 3. The van der Waals surface area contributed by atoms with E-state index in [9.17, 15) is 14.4 Å². The normalized spacial score (nSPS) is 10.8. The third kappa shape index (κ3) is 11.6. The molecule has 0 saturated heterocycles.